The summed E-state index contributed by atoms with van der Waals surface area (Å²) in [5.74, 6) is 0.169. The monoisotopic (exact) mass is 348 g/mol. The molecule has 3 rings (SSSR count). The highest BCUT2D eigenvalue weighted by Gasteiger charge is 2.24. The van der Waals surface area contributed by atoms with Gasteiger partial charge in [0.1, 0.15) is 12.7 Å². The van der Waals surface area contributed by atoms with Crippen molar-refractivity contribution in [1.82, 2.24) is 19.7 Å². The van der Waals surface area contributed by atoms with Crippen molar-refractivity contribution in [2.24, 2.45) is 0 Å². The summed E-state index contributed by atoms with van der Waals surface area (Å²) in [7, 11) is 0. The number of rotatable bonds is 6. The van der Waals surface area contributed by atoms with Crippen molar-refractivity contribution in [3.63, 3.8) is 0 Å². The molecule has 2 heterocycles. The average Bonchev–Trinajstić information content (AvgIpc) is 3.10. The maximum Gasteiger partial charge on any atom is 0.222 e. The van der Waals surface area contributed by atoms with Gasteiger partial charge in [-0.2, -0.15) is 5.10 Å². The van der Waals surface area contributed by atoms with Crippen molar-refractivity contribution in [2.45, 2.75) is 31.9 Å². The summed E-state index contributed by atoms with van der Waals surface area (Å²) >= 11 is 6.21. The zero-order chi connectivity index (χ0) is 16.8. The zero-order valence-corrected chi connectivity index (χ0v) is 14.2. The first-order valence-corrected chi connectivity index (χ1v) is 8.55. The second-order valence-electron chi connectivity index (χ2n) is 5.89. The van der Waals surface area contributed by atoms with Gasteiger partial charge >= 0.3 is 0 Å². The van der Waals surface area contributed by atoms with Crippen molar-refractivity contribution in [2.75, 3.05) is 19.7 Å². The molecule has 1 amide bonds. The molecular weight excluding hydrogens is 328 g/mol. The summed E-state index contributed by atoms with van der Waals surface area (Å²) in [6.45, 7) is 2.55. The minimum absolute atomic E-state index is 0.00193. The lowest BCUT2D eigenvalue weighted by atomic mass is 10.1. The van der Waals surface area contributed by atoms with Crippen LogP contribution in [0, 0.1) is 0 Å². The van der Waals surface area contributed by atoms with Gasteiger partial charge in [-0.15, -0.1) is 0 Å². The third kappa shape index (κ3) is 4.55. The van der Waals surface area contributed by atoms with E-state index >= 15 is 0 Å². The van der Waals surface area contributed by atoms with E-state index in [1.54, 1.807) is 11.0 Å². The topological polar surface area (TPSA) is 60.2 Å². The van der Waals surface area contributed by atoms with Crippen LogP contribution in [0.1, 0.15) is 18.4 Å². The van der Waals surface area contributed by atoms with Gasteiger partial charge in [-0.25, -0.2) is 4.98 Å². The van der Waals surface area contributed by atoms with Crippen molar-refractivity contribution < 1.29 is 9.53 Å². The Morgan fingerprint density at radius 1 is 1.38 bits per heavy atom. The van der Waals surface area contributed by atoms with Crippen molar-refractivity contribution in [3.05, 3.63) is 47.5 Å². The lowest BCUT2D eigenvalue weighted by molar-refractivity contribution is -0.138. The molecule has 1 aromatic carbocycles. The molecule has 1 saturated heterocycles. The number of carbonyl (C=O) groups excluding carboxylic acids is 1. The fourth-order valence-corrected chi connectivity index (χ4v) is 3.09. The predicted octanol–water partition coefficient (Wildman–Crippen LogP) is 2.18. The van der Waals surface area contributed by atoms with Crippen LogP contribution in [0.3, 0.4) is 0 Å². The third-order valence-corrected chi connectivity index (χ3v) is 4.51. The number of amides is 1. The first kappa shape index (κ1) is 16.9. The van der Waals surface area contributed by atoms with Crippen molar-refractivity contribution >= 4 is 17.5 Å². The molecule has 128 valence electrons. The highest BCUT2D eigenvalue weighted by atomic mass is 35.5. The second-order valence-corrected chi connectivity index (χ2v) is 6.30. The number of benzene rings is 1. The molecule has 0 saturated carbocycles. The highest BCUT2D eigenvalue weighted by Crippen LogP contribution is 2.19. The first-order valence-electron chi connectivity index (χ1n) is 8.17. The Labute approximate surface area is 146 Å². The quantitative estimate of drug-likeness (QED) is 0.802. The average molecular weight is 349 g/mol. The Balaban J connectivity index is 1.47. The zero-order valence-electron chi connectivity index (χ0n) is 13.5. The first-order chi connectivity index (χ1) is 11.7. The number of hydrogen-bond acceptors (Lipinski definition) is 4. The van der Waals surface area contributed by atoms with E-state index in [-0.39, 0.29) is 12.0 Å². The predicted molar refractivity (Wildman–Crippen MR) is 90.7 cm³/mol. The van der Waals surface area contributed by atoms with E-state index in [0.29, 0.717) is 32.7 Å². The minimum atomic E-state index is -0.00193. The minimum Gasteiger partial charge on any atom is -0.374 e. The molecule has 1 atom stereocenters. The number of aromatic nitrogens is 3. The number of morpholine rings is 1. The lowest BCUT2D eigenvalue weighted by Crippen LogP contribution is -2.46. The number of halogens is 1. The maximum atomic E-state index is 12.4. The Kier molecular flexibility index (Phi) is 5.82. The third-order valence-electron chi connectivity index (χ3n) is 4.14. The smallest absolute Gasteiger partial charge is 0.222 e. The number of ether oxygens (including phenoxy) is 1. The summed E-state index contributed by atoms with van der Waals surface area (Å²) in [6.07, 6.45) is 5.16. The molecule has 1 aromatic heterocycles. The van der Waals surface area contributed by atoms with E-state index in [1.807, 2.05) is 29.2 Å². The van der Waals surface area contributed by atoms with Crippen LogP contribution in [0.5, 0.6) is 0 Å². The van der Waals surface area contributed by atoms with Crippen LogP contribution in [0.25, 0.3) is 0 Å². The molecule has 0 unspecified atom stereocenters. The van der Waals surface area contributed by atoms with Gasteiger partial charge in [-0.05, 0) is 18.1 Å². The largest absolute Gasteiger partial charge is 0.374 e. The van der Waals surface area contributed by atoms with Crippen LogP contribution < -0.4 is 0 Å². The molecule has 7 heteroatoms. The van der Waals surface area contributed by atoms with Gasteiger partial charge < -0.3 is 9.64 Å². The van der Waals surface area contributed by atoms with E-state index in [0.717, 1.165) is 23.4 Å². The lowest BCUT2D eigenvalue weighted by Gasteiger charge is -2.33. The molecule has 0 radical (unpaired) electrons. The van der Waals surface area contributed by atoms with Crippen LogP contribution in [-0.4, -0.2) is 51.4 Å². The van der Waals surface area contributed by atoms with Gasteiger partial charge in [0, 0.05) is 37.5 Å². The molecule has 0 bridgehead atoms. The standard InChI is InChI=1S/C17H21ClN4O2/c18-16-5-2-1-4-14(16)10-15-11-21(8-9-24-15)17(23)6-3-7-22-13-19-12-20-22/h1-2,4-5,12-13,15H,3,6-11H2/t15-/m1/s1. The summed E-state index contributed by atoms with van der Waals surface area (Å²) < 4.78 is 7.55. The number of carbonyl (C=O) groups is 1. The second kappa shape index (κ2) is 8.26. The van der Waals surface area contributed by atoms with Gasteiger partial charge in [0.05, 0.1) is 12.7 Å². The molecule has 0 spiro atoms. The van der Waals surface area contributed by atoms with Gasteiger partial charge in [0.25, 0.3) is 0 Å². The Morgan fingerprint density at radius 3 is 3.04 bits per heavy atom. The maximum absolute atomic E-state index is 12.4. The molecule has 1 aliphatic rings. The molecule has 0 aliphatic carbocycles. The molecule has 6 nitrogen and oxygen atoms in total. The van der Waals surface area contributed by atoms with Gasteiger partial charge in [-0.3, -0.25) is 9.48 Å². The van der Waals surface area contributed by atoms with Crippen LogP contribution in [0.4, 0.5) is 0 Å². The number of aryl methyl sites for hydroxylation is 1. The van der Waals surface area contributed by atoms with E-state index in [4.69, 9.17) is 16.3 Å². The van der Waals surface area contributed by atoms with Gasteiger partial charge in [-0.1, -0.05) is 29.8 Å². The molecule has 1 aliphatic heterocycles. The Morgan fingerprint density at radius 2 is 2.25 bits per heavy atom. The molecule has 2 aromatic rings. The molecule has 1 fully saturated rings. The van der Waals surface area contributed by atoms with E-state index in [2.05, 4.69) is 10.1 Å². The Bertz CT molecular complexity index is 662. The van der Waals surface area contributed by atoms with Crippen LogP contribution in [-0.2, 0) is 22.5 Å². The number of hydrogen-bond donors (Lipinski definition) is 0. The molecular formula is C17H21ClN4O2. The fourth-order valence-electron chi connectivity index (χ4n) is 2.88. The van der Waals surface area contributed by atoms with Gasteiger partial charge in [0.15, 0.2) is 0 Å². The van der Waals surface area contributed by atoms with E-state index < -0.39 is 0 Å². The van der Waals surface area contributed by atoms with Crippen LogP contribution in [0.2, 0.25) is 5.02 Å². The van der Waals surface area contributed by atoms with E-state index in [9.17, 15) is 4.79 Å². The Hall–Kier alpha value is -1.92. The SMILES string of the molecule is O=C(CCCn1cncn1)N1CCO[C@H](Cc2ccccc2Cl)C1. The van der Waals surface area contributed by atoms with Crippen LogP contribution in [0.15, 0.2) is 36.9 Å². The fraction of sp³-hybridized carbons (Fsp3) is 0.471. The van der Waals surface area contributed by atoms with Crippen molar-refractivity contribution in [3.8, 4) is 0 Å². The van der Waals surface area contributed by atoms with Gasteiger partial charge in [0.2, 0.25) is 5.91 Å². The highest BCUT2D eigenvalue weighted by molar-refractivity contribution is 6.31. The summed E-state index contributed by atoms with van der Waals surface area (Å²) in [5, 5.41) is 4.79. The summed E-state index contributed by atoms with van der Waals surface area (Å²) in [4.78, 5) is 18.2. The molecule has 24 heavy (non-hydrogen) atoms. The van der Waals surface area contributed by atoms with Crippen LogP contribution >= 0.6 is 11.6 Å². The molecule has 0 N–H and O–H groups in total. The van der Waals surface area contributed by atoms with E-state index in [1.165, 1.54) is 6.33 Å². The number of nitrogens with zero attached hydrogens (tertiary/aromatic N) is 4. The van der Waals surface area contributed by atoms with Crippen molar-refractivity contribution in [1.29, 1.82) is 0 Å². The summed E-state index contributed by atoms with van der Waals surface area (Å²) in [5.41, 5.74) is 1.06. The summed E-state index contributed by atoms with van der Waals surface area (Å²) in [6, 6.07) is 7.77. The normalized spacial score (nSPS) is 17.9.